The van der Waals surface area contributed by atoms with Crippen LogP contribution in [0.2, 0.25) is 5.15 Å². The van der Waals surface area contributed by atoms with Crippen LogP contribution >= 0.6 is 11.6 Å². The number of amides is 2. The van der Waals surface area contributed by atoms with Crippen LogP contribution in [0, 0.1) is 0 Å². The lowest BCUT2D eigenvalue weighted by Crippen LogP contribution is -2.32. The summed E-state index contributed by atoms with van der Waals surface area (Å²) in [5.41, 5.74) is 3.54. The molecule has 0 aliphatic heterocycles. The average Bonchev–Trinajstić information content (AvgIpc) is 3.63. The van der Waals surface area contributed by atoms with Gasteiger partial charge in [-0.1, -0.05) is 41.9 Å². The Morgan fingerprint density at radius 3 is 2.58 bits per heavy atom. The monoisotopic (exact) mass is 501 g/mol. The number of carbonyl (C=O) groups excluding carboxylic acids is 2. The highest BCUT2D eigenvalue weighted by molar-refractivity contribution is 6.33. The van der Waals surface area contributed by atoms with Gasteiger partial charge in [-0.25, -0.2) is 9.78 Å². The maximum absolute atomic E-state index is 12.9. The number of anilines is 1. The highest BCUT2D eigenvalue weighted by Gasteiger charge is 2.30. The summed E-state index contributed by atoms with van der Waals surface area (Å²) in [7, 11) is 0. The molecule has 0 bridgehead atoms. The van der Waals surface area contributed by atoms with Crippen molar-refractivity contribution in [3.05, 3.63) is 94.9 Å². The molecule has 1 aliphatic rings. The summed E-state index contributed by atoms with van der Waals surface area (Å²) in [5, 5.41) is 20.9. The third-order valence-corrected chi connectivity index (χ3v) is 6.29. The zero-order chi connectivity index (χ0) is 25.1. The molecule has 1 aliphatic carbocycles. The Labute approximate surface area is 212 Å². The number of benzene rings is 2. The molecule has 9 heteroatoms. The van der Waals surface area contributed by atoms with Crippen molar-refractivity contribution >= 4 is 29.2 Å². The third kappa shape index (κ3) is 5.23. The molecule has 4 aromatic rings. The van der Waals surface area contributed by atoms with Crippen LogP contribution in [-0.4, -0.2) is 38.4 Å². The summed E-state index contributed by atoms with van der Waals surface area (Å²) in [6.45, 7) is 0.489. The summed E-state index contributed by atoms with van der Waals surface area (Å²) in [6.07, 6.45) is 4.21. The molecule has 3 N–H and O–H groups in total. The van der Waals surface area contributed by atoms with Gasteiger partial charge in [0.05, 0.1) is 17.0 Å². The molecule has 0 radical (unpaired) electrons. The van der Waals surface area contributed by atoms with Gasteiger partial charge in [-0.2, -0.15) is 9.78 Å². The van der Waals surface area contributed by atoms with E-state index < -0.39 is 5.91 Å². The third-order valence-electron chi connectivity index (χ3n) is 5.99. The second-order valence-corrected chi connectivity index (χ2v) is 8.99. The minimum absolute atomic E-state index is 0.0680. The largest absolute Gasteiger partial charge is 0.507 e. The summed E-state index contributed by atoms with van der Waals surface area (Å²) in [4.78, 5) is 29.3. The van der Waals surface area contributed by atoms with E-state index in [1.54, 1.807) is 24.3 Å². The van der Waals surface area contributed by atoms with E-state index in [-0.39, 0.29) is 28.4 Å². The lowest BCUT2D eigenvalue weighted by molar-refractivity contribution is 0.102. The molecular formula is C27H24ClN5O3. The number of nitrogens with one attached hydrogen (secondary N) is 2. The first kappa shape index (κ1) is 23.6. The topological polar surface area (TPSA) is 109 Å². The first-order valence-electron chi connectivity index (χ1n) is 11.7. The standard InChI is InChI=1S/C27H24ClN5O3/c28-25-21(7-4-13-29-25)26(35)31-19-10-11-20(24(34)15-19)22-16-23(18-8-9-18)33(32-22)27(36)30-14-12-17-5-2-1-3-6-17/h1-7,10-11,13,15-16,18,34H,8-9,12,14H2,(H,30,36)(H,31,35). The Balaban J connectivity index is 1.31. The van der Waals surface area contributed by atoms with Crippen LogP contribution in [0.15, 0.2) is 72.9 Å². The van der Waals surface area contributed by atoms with E-state index in [0.29, 0.717) is 23.5 Å². The summed E-state index contributed by atoms with van der Waals surface area (Å²) in [6, 6.07) is 19.4. The molecule has 2 aromatic heterocycles. The summed E-state index contributed by atoms with van der Waals surface area (Å²) >= 11 is 5.99. The van der Waals surface area contributed by atoms with Gasteiger partial charge in [-0.3, -0.25) is 4.79 Å². The Bertz CT molecular complexity index is 1420. The van der Waals surface area contributed by atoms with Crippen molar-refractivity contribution in [2.45, 2.75) is 25.2 Å². The SMILES string of the molecule is O=C(Nc1ccc(-c2cc(C3CC3)n(C(=O)NCCc3ccccc3)n2)c(O)c1)c1cccnc1Cl. The Hall–Kier alpha value is -4.17. The van der Waals surface area contributed by atoms with Crippen molar-refractivity contribution in [3.8, 4) is 17.0 Å². The fourth-order valence-electron chi connectivity index (χ4n) is 3.97. The summed E-state index contributed by atoms with van der Waals surface area (Å²) in [5.74, 6) is -0.231. The Morgan fingerprint density at radius 1 is 1.06 bits per heavy atom. The van der Waals surface area contributed by atoms with Crippen LogP contribution < -0.4 is 10.6 Å². The Morgan fingerprint density at radius 2 is 1.86 bits per heavy atom. The second kappa shape index (κ2) is 10.2. The number of carbonyl (C=O) groups is 2. The van der Waals surface area contributed by atoms with Gasteiger partial charge in [0.1, 0.15) is 10.9 Å². The molecule has 36 heavy (non-hydrogen) atoms. The number of aromatic hydroxyl groups is 1. The van der Waals surface area contributed by atoms with Gasteiger partial charge in [0.2, 0.25) is 0 Å². The van der Waals surface area contributed by atoms with E-state index in [2.05, 4.69) is 20.7 Å². The van der Waals surface area contributed by atoms with Gasteiger partial charge in [-0.05, 0) is 55.2 Å². The van der Waals surface area contributed by atoms with Crippen molar-refractivity contribution in [1.29, 1.82) is 0 Å². The molecule has 5 rings (SSSR count). The van der Waals surface area contributed by atoms with Crippen LogP contribution in [-0.2, 0) is 6.42 Å². The van der Waals surface area contributed by atoms with Crippen LogP contribution in [0.4, 0.5) is 10.5 Å². The molecule has 0 saturated heterocycles. The lowest BCUT2D eigenvalue weighted by Gasteiger charge is -2.09. The zero-order valence-corrected chi connectivity index (χ0v) is 20.1. The van der Waals surface area contributed by atoms with Crippen LogP contribution in [0.1, 0.15) is 40.4 Å². The molecule has 182 valence electrons. The Kier molecular flexibility index (Phi) is 6.69. The van der Waals surface area contributed by atoms with Crippen LogP contribution in [0.5, 0.6) is 5.75 Å². The highest BCUT2D eigenvalue weighted by Crippen LogP contribution is 2.42. The van der Waals surface area contributed by atoms with Gasteiger partial charge in [0.25, 0.3) is 5.91 Å². The quantitative estimate of drug-likeness (QED) is 0.300. The number of pyridine rings is 1. The average molecular weight is 502 g/mol. The van der Waals surface area contributed by atoms with Crippen molar-refractivity contribution < 1.29 is 14.7 Å². The zero-order valence-electron chi connectivity index (χ0n) is 19.3. The van der Waals surface area contributed by atoms with E-state index in [0.717, 1.165) is 30.5 Å². The van der Waals surface area contributed by atoms with E-state index in [1.165, 1.54) is 16.9 Å². The molecule has 2 aromatic carbocycles. The number of rotatable bonds is 7. The lowest BCUT2D eigenvalue weighted by atomic mass is 10.1. The fourth-order valence-corrected chi connectivity index (χ4v) is 4.18. The maximum Gasteiger partial charge on any atom is 0.342 e. The minimum atomic E-state index is -0.437. The molecule has 0 spiro atoms. The van der Waals surface area contributed by atoms with E-state index in [1.807, 2.05) is 36.4 Å². The molecule has 0 atom stereocenters. The molecule has 1 fully saturated rings. The highest BCUT2D eigenvalue weighted by atomic mass is 35.5. The van der Waals surface area contributed by atoms with Crippen molar-refractivity contribution in [2.75, 3.05) is 11.9 Å². The number of phenols is 1. The number of aromatic nitrogens is 3. The first-order valence-corrected chi connectivity index (χ1v) is 12.0. The van der Waals surface area contributed by atoms with E-state index in [4.69, 9.17) is 11.6 Å². The smallest absolute Gasteiger partial charge is 0.342 e. The second-order valence-electron chi connectivity index (χ2n) is 8.64. The molecule has 8 nitrogen and oxygen atoms in total. The fraction of sp³-hybridized carbons (Fsp3) is 0.185. The number of hydrogen-bond acceptors (Lipinski definition) is 5. The molecule has 1 saturated carbocycles. The number of hydrogen-bond donors (Lipinski definition) is 3. The molecule has 2 amide bonds. The number of halogens is 1. The van der Waals surface area contributed by atoms with Crippen molar-refractivity contribution in [2.24, 2.45) is 0 Å². The van der Waals surface area contributed by atoms with Gasteiger partial charge >= 0.3 is 6.03 Å². The summed E-state index contributed by atoms with van der Waals surface area (Å²) < 4.78 is 1.40. The minimum Gasteiger partial charge on any atom is -0.507 e. The van der Waals surface area contributed by atoms with E-state index in [9.17, 15) is 14.7 Å². The molecule has 2 heterocycles. The number of phenolic OH excluding ortho intramolecular Hbond substituents is 1. The van der Waals surface area contributed by atoms with Gasteiger partial charge < -0.3 is 15.7 Å². The van der Waals surface area contributed by atoms with Gasteiger partial charge in [0, 0.05) is 36.0 Å². The van der Waals surface area contributed by atoms with Gasteiger partial charge in [-0.15, -0.1) is 0 Å². The molecular weight excluding hydrogens is 478 g/mol. The van der Waals surface area contributed by atoms with Gasteiger partial charge in [0.15, 0.2) is 0 Å². The van der Waals surface area contributed by atoms with E-state index >= 15 is 0 Å². The first-order chi connectivity index (χ1) is 17.5. The molecule has 0 unspecified atom stereocenters. The van der Waals surface area contributed by atoms with Crippen molar-refractivity contribution in [1.82, 2.24) is 20.1 Å². The predicted molar refractivity (Wildman–Crippen MR) is 137 cm³/mol. The normalized spacial score (nSPS) is 12.8. The van der Waals surface area contributed by atoms with Crippen molar-refractivity contribution in [3.63, 3.8) is 0 Å². The predicted octanol–water partition coefficient (Wildman–Crippen LogP) is 5.23. The van der Waals surface area contributed by atoms with Crippen LogP contribution in [0.25, 0.3) is 11.3 Å². The van der Waals surface area contributed by atoms with Crippen LogP contribution in [0.3, 0.4) is 0 Å². The maximum atomic E-state index is 12.9. The number of nitrogens with zero attached hydrogens (tertiary/aromatic N) is 3.